The van der Waals surface area contributed by atoms with Gasteiger partial charge in [0, 0.05) is 6.54 Å². The number of hydrogen-bond acceptors (Lipinski definition) is 3. The van der Waals surface area contributed by atoms with Gasteiger partial charge in [-0.25, -0.2) is 0 Å². The van der Waals surface area contributed by atoms with E-state index in [0.717, 1.165) is 25.1 Å². The minimum atomic E-state index is -0.181. The molecule has 13 heavy (non-hydrogen) atoms. The first kappa shape index (κ1) is 10.3. The van der Waals surface area contributed by atoms with Crippen molar-refractivity contribution in [1.82, 2.24) is 4.90 Å². The van der Waals surface area contributed by atoms with E-state index in [1.807, 2.05) is 0 Å². The molecule has 1 aliphatic rings. The maximum Gasteiger partial charge on any atom is 0.309 e. The summed E-state index contributed by atoms with van der Waals surface area (Å²) in [6, 6.07) is 0. The van der Waals surface area contributed by atoms with Crippen LogP contribution in [0.3, 0.4) is 0 Å². The van der Waals surface area contributed by atoms with E-state index in [1.165, 1.54) is 7.11 Å². The minimum absolute atomic E-state index is 0.181. The van der Waals surface area contributed by atoms with E-state index in [4.69, 9.17) is 0 Å². The third-order valence-corrected chi connectivity index (χ3v) is 2.57. The Morgan fingerprint density at radius 3 is 2.85 bits per heavy atom. The molecular weight excluding hydrogens is 166 g/mol. The molecule has 0 amide bonds. The van der Waals surface area contributed by atoms with Gasteiger partial charge in [0.25, 0.3) is 0 Å². The van der Waals surface area contributed by atoms with Crippen LogP contribution >= 0.6 is 0 Å². The largest absolute Gasteiger partial charge is 0.469 e. The van der Waals surface area contributed by atoms with Crippen molar-refractivity contribution >= 4 is 5.97 Å². The van der Waals surface area contributed by atoms with E-state index in [0.29, 0.717) is 12.3 Å². The summed E-state index contributed by atoms with van der Waals surface area (Å²) < 4.78 is 4.59. The van der Waals surface area contributed by atoms with Crippen LogP contribution in [-0.4, -0.2) is 38.1 Å². The first-order chi connectivity index (χ1) is 6.13. The first-order valence-corrected chi connectivity index (χ1v) is 4.56. The number of carbonyl (C=O) groups excluding carboxylic acids is 1. The van der Waals surface area contributed by atoms with Crippen LogP contribution in [0.5, 0.6) is 0 Å². The van der Waals surface area contributed by atoms with Gasteiger partial charge in [-0.3, -0.25) is 4.79 Å². The van der Waals surface area contributed by atoms with Gasteiger partial charge < -0.3 is 9.64 Å². The Hall–Kier alpha value is -0.830. The highest BCUT2D eigenvalue weighted by Crippen LogP contribution is 2.23. The quantitative estimate of drug-likeness (QED) is 0.484. The molecule has 74 valence electrons. The number of hydrogen-bond donors (Lipinski definition) is 0. The van der Waals surface area contributed by atoms with Crippen LogP contribution in [0, 0.1) is 5.92 Å². The smallest absolute Gasteiger partial charge is 0.309 e. The summed E-state index contributed by atoms with van der Waals surface area (Å²) in [6.07, 6.45) is 1.49. The highest BCUT2D eigenvalue weighted by Gasteiger charge is 2.23. The van der Waals surface area contributed by atoms with Crippen LogP contribution in [0.25, 0.3) is 0 Å². The van der Waals surface area contributed by atoms with E-state index < -0.39 is 0 Å². The average molecular weight is 183 g/mol. The fraction of sp³-hybridized carbons (Fsp3) is 0.700. The summed E-state index contributed by atoms with van der Waals surface area (Å²) in [5, 5.41) is 0. The summed E-state index contributed by atoms with van der Waals surface area (Å²) in [5.74, 6) is 0.295. The zero-order valence-electron chi connectivity index (χ0n) is 8.38. The van der Waals surface area contributed by atoms with Gasteiger partial charge in [-0.15, -0.1) is 0 Å². The predicted molar refractivity (Wildman–Crippen MR) is 51.4 cm³/mol. The molecule has 0 aliphatic carbocycles. The van der Waals surface area contributed by atoms with Crippen LogP contribution in [0.15, 0.2) is 12.2 Å². The van der Waals surface area contributed by atoms with Gasteiger partial charge in [-0.1, -0.05) is 12.2 Å². The molecule has 1 rings (SSSR count). The summed E-state index contributed by atoms with van der Waals surface area (Å²) >= 11 is 0. The zero-order chi connectivity index (χ0) is 9.84. The Labute approximate surface area is 79.4 Å². The lowest BCUT2D eigenvalue weighted by Crippen LogP contribution is -2.16. The maximum atomic E-state index is 11.0. The molecule has 0 spiro atoms. The molecule has 1 atom stereocenters. The number of carbonyl (C=O) groups is 1. The molecular formula is C10H17NO2. The molecule has 1 aliphatic heterocycles. The molecule has 3 heteroatoms. The third-order valence-electron chi connectivity index (χ3n) is 2.57. The Morgan fingerprint density at radius 2 is 2.38 bits per heavy atom. The SMILES string of the molecule is C=C(CC(=O)OC)C1CCN(C)C1. The molecule has 0 bridgehead atoms. The molecule has 1 heterocycles. The standard InChI is InChI=1S/C10H17NO2/c1-8(6-10(12)13-3)9-4-5-11(2)7-9/h9H,1,4-7H2,2-3H3. The van der Waals surface area contributed by atoms with Crippen LogP contribution in [0.1, 0.15) is 12.8 Å². The van der Waals surface area contributed by atoms with Crippen LogP contribution in [0.2, 0.25) is 0 Å². The molecule has 0 saturated carbocycles. The number of methoxy groups -OCH3 is 1. The number of rotatable bonds is 3. The van der Waals surface area contributed by atoms with Crippen molar-refractivity contribution in [2.24, 2.45) is 5.92 Å². The van der Waals surface area contributed by atoms with Crippen LogP contribution in [-0.2, 0) is 9.53 Å². The van der Waals surface area contributed by atoms with Gasteiger partial charge in [-0.2, -0.15) is 0 Å². The minimum Gasteiger partial charge on any atom is -0.469 e. The summed E-state index contributed by atoms with van der Waals surface area (Å²) in [4.78, 5) is 13.2. The van der Waals surface area contributed by atoms with Crippen LogP contribution < -0.4 is 0 Å². The lowest BCUT2D eigenvalue weighted by atomic mass is 9.97. The van der Waals surface area contributed by atoms with Gasteiger partial charge >= 0.3 is 5.97 Å². The Kier molecular flexibility index (Phi) is 3.48. The van der Waals surface area contributed by atoms with E-state index in [9.17, 15) is 4.79 Å². The zero-order valence-corrected chi connectivity index (χ0v) is 8.38. The van der Waals surface area contributed by atoms with Gasteiger partial charge in [0.05, 0.1) is 13.5 Å². The summed E-state index contributed by atoms with van der Waals surface area (Å²) in [6.45, 7) is 6.06. The molecule has 1 saturated heterocycles. The van der Waals surface area contributed by atoms with Crippen LogP contribution in [0.4, 0.5) is 0 Å². The number of likely N-dealkylation sites (tertiary alicyclic amines) is 1. The van der Waals surface area contributed by atoms with Gasteiger partial charge in [0.1, 0.15) is 0 Å². The van der Waals surface area contributed by atoms with Crippen molar-refractivity contribution in [3.05, 3.63) is 12.2 Å². The van der Waals surface area contributed by atoms with Crippen molar-refractivity contribution in [3.8, 4) is 0 Å². The highest BCUT2D eigenvalue weighted by atomic mass is 16.5. The fourth-order valence-corrected chi connectivity index (χ4v) is 1.67. The molecule has 1 fully saturated rings. The second-order valence-electron chi connectivity index (χ2n) is 3.66. The third kappa shape index (κ3) is 2.84. The molecule has 0 radical (unpaired) electrons. The molecule has 0 N–H and O–H groups in total. The first-order valence-electron chi connectivity index (χ1n) is 4.56. The topological polar surface area (TPSA) is 29.5 Å². The molecule has 0 aromatic heterocycles. The van der Waals surface area contributed by atoms with Crippen molar-refractivity contribution in [3.63, 3.8) is 0 Å². The highest BCUT2D eigenvalue weighted by molar-refractivity contribution is 5.72. The molecule has 3 nitrogen and oxygen atoms in total. The van der Waals surface area contributed by atoms with Gasteiger partial charge in [-0.05, 0) is 25.9 Å². The molecule has 0 aromatic rings. The monoisotopic (exact) mass is 183 g/mol. The number of nitrogens with zero attached hydrogens (tertiary/aromatic N) is 1. The fourth-order valence-electron chi connectivity index (χ4n) is 1.67. The van der Waals surface area contributed by atoms with Crippen molar-refractivity contribution < 1.29 is 9.53 Å². The number of esters is 1. The maximum absolute atomic E-state index is 11.0. The molecule has 0 aromatic carbocycles. The second kappa shape index (κ2) is 4.42. The Morgan fingerprint density at radius 1 is 1.69 bits per heavy atom. The molecule has 1 unspecified atom stereocenters. The summed E-state index contributed by atoms with van der Waals surface area (Å²) in [5.41, 5.74) is 1.01. The van der Waals surface area contributed by atoms with Gasteiger partial charge in [0.15, 0.2) is 0 Å². The lowest BCUT2D eigenvalue weighted by Gasteiger charge is -2.12. The Balaban J connectivity index is 2.36. The van der Waals surface area contributed by atoms with E-state index in [2.05, 4.69) is 23.3 Å². The Bertz CT molecular complexity index is 213. The number of ether oxygens (including phenoxy) is 1. The van der Waals surface area contributed by atoms with E-state index in [-0.39, 0.29) is 5.97 Å². The second-order valence-corrected chi connectivity index (χ2v) is 3.66. The predicted octanol–water partition coefficient (Wildman–Crippen LogP) is 1.06. The van der Waals surface area contributed by atoms with Gasteiger partial charge in [0.2, 0.25) is 0 Å². The van der Waals surface area contributed by atoms with Crippen molar-refractivity contribution in [1.29, 1.82) is 0 Å². The average Bonchev–Trinajstić information content (AvgIpc) is 2.51. The lowest BCUT2D eigenvalue weighted by molar-refractivity contribution is -0.139. The van der Waals surface area contributed by atoms with E-state index in [1.54, 1.807) is 0 Å². The van der Waals surface area contributed by atoms with Crippen molar-refractivity contribution in [2.75, 3.05) is 27.2 Å². The normalized spacial score (nSPS) is 23.1. The van der Waals surface area contributed by atoms with Crippen molar-refractivity contribution in [2.45, 2.75) is 12.8 Å². The summed E-state index contributed by atoms with van der Waals surface area (Å²) in [7, 11) is 3.50. The van der Waals surface area contributed by atoms with E-state index >= 15 is 0 Å².